The lowest BCUT2D eigenvalue weighted by Gasteiger charge is -2.31. The average molecular weight is 594 g/mol. The number of allylic oxidation sites excluding steroid dienone is 3. The van der Waals surface area contributed by atoms with E-state index in [0.29, 0.717) is 47.9 Å². The van der Waals surface area contributed by atoms with Crippen molar-refractivity contribution in [2.24, 2.45) is 10.4 Å². The molecule has 0 N–H and O–H groups in total. The van der Waals surface area contributed by atoms with E-state index in [0.717, 1.165) is 44.2 Å². The number of hydrogen-bond donors (Lipinski definition) is 0. The van der Waals surface area contributed by atoms with Crippen LogP contribution in [0.25, 0.3) is 11.4 Å². The van der Waals surface area contributed by atoms with Crippen LogP contribution in [0.3, 0.4) is 0 Å². The minimum Gasteiger partial charge on any atom is -0.463 e. The Kier molecular flexibility index (Phi) is 11.8. The average Bonchev–Trinajstić information content (AvgIpc) is 3.19. The second-order valence-electron chi connectivity index (χ2n) is 11.1. The zero-order chi connectivity index (χ0) is 27.7. The van der Waals surface area contributed by atoms with Crippen molar-refractivity contribution in [2.45, 2.75) is 99.0 Å². The fourth-order valence-corrected chi connectivity index (χ4v) is 5.61. The summed E-state index contributed by atoms with van der Waals surface area (Å²) in [5.74, 6) is 0.262. The fourth-order valence-electron chi connectivity index (χ4n) is 5.11. The molecule has 0 bridgehead atoms. The number of nitrogens with zero attached hydrogens (tertiary/aromatic N) is 4. The molecule has 2 aliphatic rings. The maximum atomic E-state index is 16.0. The van der Waals surface area contributed by atoms with Crippen molar-refractivity contribution in [1.82, 2.24) is 9.97 Å². The molecule has 2 heterocycles. The number of aliphatic imine (C=N–C) groups is 1. The summed E-state index contributed by atoms with van der Waals surface area (Å²) in [4.78, 5) is 16.5. The molecule has 1 fully saturated rings. The van der Waals surface area contributed by atoms with Gasteiger partial charge in [0.05, 0.1) is 29.0 Å². The second kappa shape index (κ2) is 14.5. The van der Waals surface area contributed by atoms with E-state index in [4.69, 9.17) is 19.5 Å². The quantitative estimate of drug-likeness (QED) is 0.229. The first-order valence-corrected chi connectivity index (χ1v) is 15.2. The summed E-state index contributed by atoms with van der Waals surface area (Å²) in [6.45, 7) is 15.9. The predicted octanol–water partition coefficient (Wildman–Crippen LogP) is 8.16. The zero-order valence-electron chi connectivity index (χ0n) is 24.2. The molecule has 1 aliphatic carbocycles. The lowest BCUT2D eigenvalue weighted by molar-refractivity contribution is 0.125. The van der Waals surface area contributed by atoms with Crippen LogP contribution in [-0.4, -0.2) is 54.6 Å². The van der Waals surface area contributed by atoms with E-state index in [-0.39, 0.29) is 23.2 Å². The van der Waals surface area contributed by atoms with Gasteiger partial charge in [0.15, 0.2) is 5.83 Å². The first-order valence-electron chi connectivity index (χ1n) is 14.4. The van der Waals surface area contributed by atoms with Crippen molar-refractivity contribution in [3.05, 3.63) is 21.8 Å². The lowest BCUT2D eigenvalue weighted by atomic mass is 9.81. The third-order valence-corrected chi connectivity index (χ3v) is 7.99. The number of unbranched alkanes of at least 4 members (excludes halogenated alkanes) is 3. The van der Waals surface area contributed by atoms with E-state index in [9.17, 15) is 0 Å². The van der Waals surface area contributed by atoms with Crippen LogP contribution in [0.2, 0.25) is 0 Å². The van der Waals surface area contributed by atoms with Gasteiger partial charge in [-0.3, -0.25) is 4.99 Å². The Morgan fingerprint density at radius 2 is 1.87 bits per heavy atom. The van der Waals surface area contributed by atoms with Crippen molar-refractivity contribution in [3.8, 4) is 6.01 Å². The molecule has 1 aliphatic heterocycles. The minimum atomic E-state index is -0.429. The highest BCUT2D eigenvalue weighted by Crippen LogP contribution is 2.44. The molecule has 0 amide bonds. The van der Waals surface area contributed by atoms with Crippen LogP contribution in [0, 0.1) is 5.41 Å². The number of aromatic nitrogens is 2. The maximum absolute atomic E-state index is 16.0. The van der Waals surface area contributed by atoms with Crippen molar-refractivity contribution in [3.63, 3.8) is 0 Å². The summed E-state index contributed by atoms with van der Waals surface area (Å²) in [5.41, 5.74) is 2.40. The van der Waals surface area contributed by atoms with E-state index in [1.807, 2.05) is 26.8 Å². The molecular formula is C30H46BrFN4O2. The van der Waals surface area contributed by atoms with Crippen molar-refractivity contribution in [1.29, 1.82) is 0 Å². The number of halogens is 2. The Labute approximate surface area is 237 Å². The van der Waals surface area contributed by atoms with Gasteiger partial charge in [0.25, 0.3) is 0 Å². The van der Waals surface area contributed by atoms with Crippen LogP contribution in [-0.2, 0) is 4.74 Å². The van der Waals surface area contributed by atoms with Crippen molar-refractivity contribution in [2.75, 3.05) is 37.8 Å². The third kappa shape index (κ3) is 7.65. The Morgan fingerprint density at radius 1 is 1.13 bits per heavy atom. The first-order chi connectivity index (χ1) is 18.2. The molecule has 1 unspecified atom stereocenters. The summed E-state index contributed by atoms with van der Waals surface area (Å²) < 4.78 is 28.4. The number of ether oxygens (including phenoxy) is 2. The van der Waals surface area contributed by atoms with Gasteiger partial charge in [0.1, 0.15) is 11.5 Å². The fraction of sp³-hybridized carbons (Fsp3) is 0.700. The van der Waals surface area contributed by atoms with E-state index in [1.54, 1.807) is 0 Å². The van der Waals surface area contributed by atoms with E-state index < -0.39 is 5.83 Å². The van der Waals surface area contributed by atoms with Crippen LogP contribution in [0.5, 0.6) is 6.01 Å². The molecular weight excluding hydrogens is 547 g/mol. The summed E-state index contributed by atoms with van der Waals surface area (Å²) in [6.07, 6.45) is 10.9. The molecule has 0 saturated carbocycles. The van der Waals surface area contributed by atoms with Gasteiger partial charge in [-0.05, 0) is 56.0 Å². The van der Waals surface area contributed by atoms with Crippen LogP contribution in [0.15, 0.2) is 15.6 Å². The molecule has 1 aromatic rings. The summed E-state index contributed by atoms with van der Waals surface area (Å²) >= 11 is 3.49. The van der Waals surface area contributed by atoms with E-state index >= 15 is 4.39 Å². The highest BCUT2D eigenvalue weighted by Gasteiger charge is 2.35. The molecule has 0 aromatic carbocycles. The first kappa shape index (κ1) is 30.7. The molecule has 212 valence electrons. The number of rotatable bonds is 12. The summed E-state index contributed by atoms with van der Waals surface area (Å²) in [7, 11) is 0. The topological polar surface area (TPSA) is 59.8 Å². The molecule has 1 atom stereocenters. The normalized spacial score (nSPS) is 20.2. The van der Waals surface area contributed by atoms with Crippen molar-refractivity contribution >= 4 is 38.9 Å². The molecule has 0 spiro atoms. The molecule has 1 saturated heterocycles. The number of fused-ring (bicyclic) bond motifs is 1. The van der Waals surface area contributed by atoms with Gasteiger partial charge in [-0.1, -0.05) is 59.0 Å². The standard InChI is InChI=1S/C30H46BrFN4O2/c1-7-10-12-15-30(6,14-11-8-2)20-38-29-34-27-23(28(35-29)36-16-13-18-37-19-17-36)22(9-3)26(33-21(4)5)24(31)25(27)32/h9,21H,7-8,10-20H2,1-6H3/b22-9-,33-26?. The van der Waals surface area contributed by atoms with Gasteiger partial charge in [-0.15, -0.1) is 0 Å². The van der Waals surface area contributed by atoms with Gasteiger partial charge >= 0.3 is 6.01 Å². The van der Waals surface area contributed by atoms with Crippen LogP contribution in [0.4, 0.5) is 10.2 Å². The van der Waals surface area contributed by atoms with E-state index in [1.165, 1.54) is 19.3 Å². The number of anilines is 1. The minimum absolute atomic E-state index is 0.00826. The van der Waals surface area contributed by atoms with Crippen LogP contribution in [0.1, 0.15) is 104 Å². The molecule has 38 heavy (non-hydrogen) atoms. The van der Waals surface area contributed by atoms with Crippen LogP contribution >= 0.6 is 15.9 Å². The lowest BCUT2D eigenvalue weighted by Crippen LogP contribution is -2.31. The summed E-state index contributed by atoms with van der Waals surface area (Å²) in [5, 5.41) is 0. The van der Waals surface area contributed by atoms with Crippen molar-refractivity contribution < 1.29 is 13.9 Å². The molecule has 6 nitrogen and oxygen atoms in total. The largest absolute Gasteiger partial charge is 0.463 e. The smallest absolute Gasteiger partial charge is 0.319 e. The zero-order valence-corrected chi connectivity index (χ0v) is 25.8. The Morgan fingerprint density at radius 3 is 2.55 bits per heavy atom. The van der Waals surface area contributed by atoms with Gasteiger partial charge in [0, 0.05) is 36.7 Å². The van der Waals surface area contributed by atoms with Gasteiger partial charge in [-0.2, -0.15) is 9.97 Å². The van der Waals surface area contributed by atoms with Gasteiger partial charge < -0.3 is 14.4 Å². The molecule has 8 heteroatoms. The Hall–Kier alpha value is -1.80. The maximum Gasteiger partial charge on any atom is 0.319 e. The highest BCUT2D eigenvalue weighted by atomic mass is 79.9. The molecule has 3 rings (SSSR count). The molecule has 1 aromatic heterocycles. The van der Waals surface area contributed by atoms with Gasteiger partial charge in [0.2, 0.25) is 0 Å². The number of hydrogen-bond acceptors (Lipinski definition) is 6. The third-order valence-electron chi connectivity index (χ3n) is 7.27. The van der Waals surface area contributed by atoms with Gasteiger partial charge in [-0.25, -0.2) is 4.39 Å². The predicted molar refractivity (Wildman–Crippen MR) is 160 cm³/mol. The van der Waals surface area contributed by atoms with E-state index in [2.05, 4.69) is 46.6 Å². The second-order valence-corrected chi connectivity index (χ2v) is 11.9. The Balaban J connectivity index is 2.07. The monoisotopic (exact) mass is 592 g/mol. The Bertz CT molecular complexity index is 1030. The SMILES string of the molecule is C/C=C1\C(=NC(C)C)C(Br)=C(F)c2nc(OCC(C)(CCCC)CCCCC)nc(N3CCCOCC3)c21. The summed E-state index contributed by atoms with van der Waals surface area (Å²) in [6, 6.07) is 0.242. The highest BCUT2D eigenvalue weighted by molar-refractivity contribution is 9.12. The van der Waals surface area contributed by atoms with Crippen LogP contribution < -0.4 is 9.64 Å². The molecule has 0 radical (unpaired) electrons.